The number of carbonyl (C=O) groups excluding carboxylic acids is 2. The van der Waals surface area contributed by atoms with Gasteiger partial charge in [-0.1, -0.05) is 54.4 Å². The van der Waals surface area contributed by atoms with Crippen LogP contribution in [0.1, 0.15) is 53.8 Å². The van der Waals surface area contributed by atoms with Crippen molar-refractivity contribution in [3.63, 3.8) is 0 Å². The third-order valence-corrected chi connectivity index (χ3v) is 6.57. The molecule has 0 aliphatic heterocycles. The minimum absolute atomic E-state index is 0.0913. The number of carbonyl (C=O) groups is 2. The third kappa shape index (κ3) is 5.68. The fourth-order valence-electron chi connectivity index (χ4n) is 4.57. The van der Waals surface area contributed by atoms with E-state index in [-0.39, 0.29) is 46.6 Å². The number of ether oxygens (including phenoxy) is 1. The summed E-state index contributed by atoms with van der Waals surface area (Å²) in [7, 11) is 0. The molecule has 1 saturated carbocycles. The first-order chi connectivity index (χ1) is 16.4. The van der Waals surface area contributed by atoms with E-state index >= 15 is 0 Å². The number of halogens is 2. The Bertz CT molecular complexity index is 1140. The van der Waals surface area contributed by atoms with Crippen LogP contribution < -0.4 is 5.32 Å². The normalized spacial score (nSPS) is 17.9. The van der Waals surface area contributed by atoms with Gasteiger partial charge < -0.3 is 14.5 Å². The molecule has 3 aromatic rings. The molecule has 4 rings (SSSR count). The lowest BCUT2D eigenvalue weighted by Gasteiger charge is -2.29. The summed E-state index contributed by atoms with van der Waals surface area (Å²) in [4.78, 5) is 25.5. The smallest absolute Gasteiger partial charge is 0.306 e. The molecule has 2 aromatic carbocycles. The zero-order chi connectivity index (χ0) is 24.1. The van der Waals surface area contributed by atoms with Gasteiger partial charge in [-0.2, -0.15) is 0 Å². The van der Waals surface area contributed by atoms with E-state index in [0.717, 1.165) is 24.8 Å². The van der Waals surface area contributed by atoms with Crippen molar-refractivity contribution in [3.8, 4) is 11.1 Å². The maximum Gasteiger partial charge on any atom is 0.306 e. The van der Waals surface area contributed by atoms with Crippen LogP contribution in [0.25, 0.3) is 11.1 Å². The zero-order valence-corrected chi connectivity index (χ0v) is 19.7. The van der Waals surface area contributed by atoms with Crippen LogP contribution in [0.2, 0.25) is 5.02 Å². The van der Waals surface area contributed by atoms with Gasteiger partial charge in [-0.05, 0) is 49.8 Å². The molecule has 5 nitrogen and oxygen atoms in total. The zero-order valence-electron chi connectivity index (χ0n) is 19.0. The number of nitrogens with one attached hydrogen (secondary N) is 1. The molecule has 1 N–H and O–H groups in total. The molecule has 34 heavy (non-hydrogen) atoms. The molecule has 0 bridgehead atoms. The number of aryl methyl sites for hydroxylation is 1. The van der Waals surface area contributed by atoms with Gasteiger partial charge >= 0.3 is 5.97 Å². The van der Waals surface area contributed by atoms with Gasteiger partial charge in [0.2, 0.25) is 0 Å². The fraction of sp³-hybridized carbons (Fsp3) is 0.333. The van der Waals surface area contributed by atoms with Crippen molar-refractivity contribution >= 4 is 23.5 Å². The van der Waals surface area contributed by atoms with E-state index in [2.05, 4.69) is 5.32 Å². The first-order valence-corrected chi connectivity index (χ1v) is 11.8. The van der Waals surface area contributed by atoms with Crippen LogP contribution in [0.3, 0.4) is 0 Å². The van der Waals surface area contributed by atoms with Crippen LogP contribution in [0.15, 0.2) is 59.2 Å². The summed E-state index contributed by atoms with van der Waals surface area (Å²) in [5.74, 6) is -0.563. The molecule has 0 spiro atoms. The quantitative estimate of drug-likeness (QED) is 0.391. The van der Waals surface area contributed by atoms with Gasteiger partial charge in [-0.25, -0.2) is 4.39 Å². The number of rotatable bonds is 7. The van der Waals surface area contributed by atoms with Crippen molar-refractivity contribution in [1.82, 2.24) is 5.32 Å². The second-order valence-corrected chi connectivity index (χ2v) is 9.14. The molecule has 7 heteroatoms. The van der Waals surface area contributed by atoms with Gasteiger partial charge in [0, 0.05) is 23.6 Å². The first-order valence-electron chi connectivity index (χ1n) is 11.4. The van der Waals surface area contributed by atoms with Crippen LogP contribution in [-0.4, -0.2) is 17.9 Å². The Hall–Kier alpha value is -3.12. The van der Waals surface area contributed by atoms with E-state index in [9.17, 15) is 14.0 Å². The third-order valence-electron chi connectivity index (χ3n) is 6.25. The number of hydrogen-bond donors (Lipinski definition) is 1. The predicted octanol–water partition coefficient (Wildman–Crippen LogP) is 6.47. The summed E-state index contributed by atoms with van der Waals surface area (Å²) in [6.45, 7) is 1.92. The van der Waals surface area contributed by atoms with Gasteiger partial charge in [-0.15, -0.1) is 0 Å². The maximum atomic E-state index is 14.5. The highest BCUT2D eigenvalue weighted by Crippen LogP contribution is 2.36. The van der Waals surface area contributed by atoms with Gasteiger partial charge in [-0.3, -0.25) is 9.59 Å². The Balaban J connectivity index is 1.38. The van der Waals surface area contributed by atoms with Gasteiger partial charge in [0.25, 0.3) is 5.91 Å². The summed E-state index contributed by atoms with van der Waals surface area (Å²) < 4.78 is 25.4. The average Bonchev–Trinajstić information content (AvgIpc) is 3.19. The molecule has 1 aliphatic rings. The molecule has 178 valence electrons. The standard InChI is InChI=1S/C27H27ClFNO4/c1-17-25(21(16-33-17)26-22(28)11-6-12-23(26)29)27(32)30-20-10-5-9-19(13-20)14-24(31)34-15-18-7-3-2-4-8-18/h2-4,6-8,11-12,16,19-20H,5,9-10,13-15H2,1H3,(H,30,32)/t19-,20+/m1/s1. The number of amides is 1. The van der Waals surface area contributed by atoms with Crippen molar-refractivity contribution in [2.45, 2.75) is 51.7 Å². The topological polar surface area (TPSA) is 68.5 Å². The van der Waals surface area contributed by atoms with Crippen molar-refractivity contribution < 1.29 is 23.1 Å². The molecule has 1 aromatic heterocycles. The van der Waals surface area contributed by atoms with Crippen molar-refractivity contribution in [2.24, 2.45) is 5.92 Å². The summed E-state index contributed by atoms with van der Waals surface area (Å²) in [5, 5.41) is 3.27. The molecule has 2 atom stereocenters. The second kappa shape index (κ2) is 10.9. The predicted molar refractivity (Wildman–Crippen MR) is 128 cm³/mol. The highest BCUT2D eigenvalue weighted by Gasteiger charge is 2.29. The number of esters is 1. The van der Waals surface area contributed by atoms with Crippen LogP contribution in [0, 0.1) is 18.7 Å². The first kappa shape index (κ1) is 24.0. The van der Waals surface area contributed by atoms with Crippen LogP contribution in [0.4, 0.5) is 4.39 Å². The Morgan fingerprint density at radius 1 is 1.15 bits per heavy atom. The molecule has 1 fully saturated rings. The van der Waals surface area contributed by atoms with Crippen LogP contribution in [0.5, 0.6) is 0 Å². The maximum absolute atomic E-state index is 14.5. The minimum Gasteiger partial charge on any atom is -0.468 e. The van der Waals surface area contributed by atoms with E-state index in [1.165, 1.54) is 18.4 Å². The number of benzene rings is 2. The fourth-order valence-corrected chi connectivity index (χ4v) is 4.84. The SMILES string of the molecule is Cc1occ(-c2c(F)cccc2Cl)c1C(=O)N[C@H]1CCC[C@@H](CC(=O)OCc2ccccc2)C1. The lowest BCUT2D eigenvalue weighted by atomic mass is 9.83. The van der Waals surface area contributed by atoms with E-state index in [1.54, 1.807) is 13.0 Å². The summed E-state index contributed by atoms with van der Waals surface area (Å²) in [5.41, 5.74) is 1.70. The van der Waals surface area contributed by atoms with E-state index < -0.39 is 5.82 Å². The van der Waals surface area contributed by atoms with Crippen LogP contribution in [-0.2, 0) is 16.1 Å². The molecular weight excluding hydrogens is 457 g/mol. The lowest BCUT2D eigenvalue weighted by molar-refractivity contribution is -0.146. The molecule has 1 heterocycles. The van der Waals surface area contributed by atoms with Gasteiger partial charge in [0.15, 0.2) is 0 Å². The average molecular weight is 484 g/mol. The molecule has 1 amide bonds. The molecular formula is C27H27ClFNO4. The van der Waals surface area contributed by atoms with Crippen molar-refractivity contribution in [3.05, 3.63) is 82.5 Å². The monoisotopic (exact) mass is 483 g/mol. The van der Waals surface area contributed by atoms with Crippen molar-refractivity contribution in [1.29, 1.82) is 0 Å². The van der Waals surface area contributed by atoms with Gasteiger partial charge in [0.05, 0.1) is 16.8 Å². The highest BCUT2D eigenvalue weighted by molar-refractivity contribution is 6.33. The van der Waals surface area contributed by atoms with Crippen LogP contribution >= 0.6 is 11.6 Å². The van der Waals surface area contributed by atoms with Gasteiger partial charge in [0.1, 0.15) is 18.2 Å². The number of furan rings is 1. The van der Waals surface area contributed by atoms with E-state index in [0.29, 0.717) is 24.2 Å². The Kier molecular flexibility index (Phi) is 7.68. The van der Waals surface area contributed by atoms with E-state index in [4.69, 9.17) is 20.8 Å². The van der Waals surface area contributed by atoms with E-state index in [1.807, 2.05) is 30.3 Å². The Labute approximate surface area is 203 Å². The van der Waals surface area contributed by atoms with Crippen molar-refractivity contribution in [2.75, 3.05) is 0 Å². The number of hydrogen-bond acceptors (Lipinski definition) is 4. The molecule has 1 aliphatic carbocycles. The highest BCUT2D eigenvalue weighted by atomic mass is 35.5. The minimum atomic E-state index is -0.519. The Morgan fingerprint density at radius 3 is 2.71 bits per heavy atom. The summed E-state index contributed by atoms with van der Waals surface area (Å²) >= 11 is 6.22. The largest absolute Gasteiger partial charge is 0.468 e. The molecule has 0 unspecified atom stereocenters. The molecule has 0 saturated heterocycles. The summed E-state index contributed by atoms with van der Waals surface area (Å²) in [6.07, 6.45) is 4.99. The Morgan fingerprint density at radius 2 is 1.94 bits per heavy atom. The summed E-state index contributed by atoms with van der Waals surface area (Å²) in [6, 6.07) is 13.9. The molecule has 0 radical (unpaired) electrons. The second-order valence-electron chi connectivity index (χ2n) is 8.73. The lowest BCUT2D eigenvalue weighted by Crippen LogP contribution is -2.39.